The molecule has 0 unspecified atom stereocenters. The minimum Gasteiger partial charge on any atom is -0.459 e. The fraction of sp³-hybridized carbons (Fsp3) is 0.364. The van der Waals surface area contributed by atoms with Crippen LogP contribution in [0.25, 0.3) is 0 Å². The third-order valence-corrected chi connectivity index (χ3v) is 1.94. The van der Waals surface area contributed by atoms with Crippen LogP contribution in [0.1, 0.15) is 29.8 Å². The van der Waals surface area contributed by atoms with E-state index in [2.05, 4.69) is 0 Å². The van der Waals surface area contributed by atoms with E-state index in [1.165, 1.54) is 12.1 Å². The Hall–Kier alpha value is -1.58. The minimum absolute atomic E-state index is 0.0757. The van der Waals surface area contributed by atoms with E-state index in [-0.39, 0.29) is 17.4 Å². The van der Waals surface area contributed by atoms with Crippen LogP contribution in [0.3, 0.4) is 0 Å². The second-order valence-electron chi connectivity index (χ2n) is 3.61. The van der Waals surface area contributed by atoms with Gasteiger partial charge >= 0.3 is 5.97 Å². The molecule has 4 heteroatoms. The van der Waals surface area contributed by atoms with Crippen LogP contribution in [-0.2, 0) is 4.74 Å². The number of benzene rings is 1. The van der Waals surface area contributed by atoms with Gasteiger partial charge in [0.15, 0.2) is 0 Å². The summed E-state index contributed by atoms with van der Waals surface area (Å²) in [6, 6.07) is 2.97. The molecule has 1 aromatic carbocycles. The number of nitrogens with two attached hydrogens (primary N) is 1. The van der Waals surface area contributed by atoms with Crippen molar-refractivity contribution >= 4 is 11.7 Å². The van der Waals surface area contributed by atoms with Crippen molar-refractivity contribution in [1.82, 2.24) is 0 Å². The monoisotopic (exact) mass is 211 g/mol. The molecule has 0 amide bonds. The van der Waals surface area contributed by atoms with Gasteiger partial charge in [-0.15, -0.1) is 0 Å². The Morgan fingerprint density at radius 3 is 2.60 bits per heavy atom. The number of halogens is 1. The first-order valence-corrected chi connectivity index (χ1v) is 4.69. The molecule has 0 radical (unpaired) electrons. The van der Waals surface area contributed by atoms with Gasteiger partial charge in [0.25, 0.3) is 0 Å². The van der Waals surface area contributed by atoms with Crippen LogP contribution >= 0.6 is 0 Å². The zero-order valence-electron chi connectivity index (χ0n) is 9.00. The summed E-state index contributed by atoms with van der Waals surface area (Å²) >= 11 is 0. The van der Waals surface area contributed by atoms with Gasteiger partial charge in [-0.3, -0.25) is 0 Å². The first-order chi connectivity index (χ1) is 6.93. The third kappa shape index (κ3) is 2.46. The van der Waals surface area contributed by atoms with E-state index >= 15 is 0 Å². The fourth-order valence-electron chi connectivity index (χ4n) is 1.16. The number of ether oxygens (including phenoxy) is 1. The molecule has 0 saturated heterocycles. The summed E-state index contributed by atoms with van der Waals surface area (Å²) in [5.41, 5.74) is 5.82. The molecule has 0 atom stereocenters. The Morgan fingerprint density at radius 2 is 2.07 bits per heavy atom. The van der Waals surface area contributed by atoms with Crippen LogP contribution in [-0.4, -0.2) is 12.1 Å². The van der Waals surface area contributed by atoms with E-state index in [0.29, 0.717) is 5.56 Å². The minimum atomic E-state index is -0.596. The molecule has 82 valence electrons. The molecule has 0 fully saturated rings. The van der Waals surface area contributed by atoms with Gasteiger partial charge in [-0.05, 0) is 32.4 Å². The number of anilines is 1. The molecule has 0 saturated carbocycles. The fourth-order valence-corrected chi connectivity index (χ4v) is 1.16. The van der Waals surface area contributed by atoms with E-state index in [4.69, 9.17) is 10.5 Å². The molecule has 0 aliphatic heterocycles. The van der Waals surface area contributed by atoms with Gasteiger partial charge in [-0.1, -0.05) is 6.07 Å². The van der Waals surface area contributed by atoms with Crippen molar-refractivity contribution in [3.8, 4) is 0 Å². The van der Waals surface area contributed by atoms with E-state index in [1.807, 2.05) is 0 Å². The topological polar surface area (TPSA) is 52.3 Å². The Kier molecular flexibility index (Phi) is 3.29. The SMILES string of the molecule is Cc1ccc(C(=O)OC(C)C)c(N)c1F. The van der Waals surface area contributed by atoms with Crippen LogP contribution in [0, 0.1) is 12.7 Å². The molecule has 1 aromatic rings. The van der Waals surface area contributed by atoms with Gasteiger partial charge in [0.05, 0.1) is 17.4 Å². The first-order valence-electron chi connectivity index (χ1n) is 4.69. The van der Waals surface area contributed by atoms with Crippen LogP contribution in [0.15, 0.2) is 12.1 Å². The summed E-state index contributed by atoms with van der Waals surface area (Å²) in [5, 5.41) is 0. The smallest absolute Gasteiger partial charge is 0.340 e. The maximum Gasteiger partial charge on any atom is 0.340 e. The van der Waals surface area contributed by atoms with Gasteiger partial charge in [-0.2, -0.15) is 0 Å². The lowest BCUT2D eigenvalue weighted by molar-refractivity contribution is 0.0379. The van der Waals surface area contributed by atoms with E-state index in [0.717, 1.165) is 0 Å². The Morgan fingerprint density at radius 1 is 1.47 bits per heavy atom. The number of rotatable bonds is 2. The van der Waals surface area contributed by atoms with E-state index in [1.54, 1.807) is 20.8 Å². The Balaban J connectivity index is 3.06. The molecule has 0 aromatic heterocycles. The molecular weight excluding hydrogens is 197 g/mol. The number of hydrogen-bond donors (Lipinski definition) is 1. The molecule has 15 heavy (non-hydrogen) atoms. The highest BCUT2D eigenvalue weighted by atomic mass is 19.1. The lowest BCUT2D eigenvalue weighted by atomic mass is 10.1. The van der Waals surface area contributed by atoms with Gasteiger partial charge < -0.3 is 10.5 Å². The van der Waals surface area contributed by atoms with Crippen molar-refractivity contribution in [2.45, 2.75) is 26.9 Å². The maximum atomic E-state index is 13.4. The number of nitrogen functional groups attached to an aromatic ring is 1. The molecule has 0 aliphatic rings. The molecule has 0 bridgehead atoms. The van der Waals surface area contributed by atoms with Crippen molar-refractivity contribution in [2.75, 3.05) is 5.73 Å². The lowest BCUT2D eigenvalue weighted by Crippen LogP contribution is -2.14. The molecular formula is C11H14FNO2. The zero-order chi connectivity index (χ0) is 11.6. The van der Waals surface area contributed by atoms with Crippen molar-refractivity contribution in [3.05, 3.63) is 29.1 Å². The highest BCUT2D eigenvalue weighted by Gasteiger charge is 2.16. The summed E-state index contributed by atoms with van der Waals surface area (Å²) in [6.45, 7) is 5.03. The highest BCUT2D eigenvalue weighted by Crippen LogP contribution is 2.20. The molecule has 3 nitrogen and oxygen atoms in total. The summed E-state index contributed by atoms with van der Waals surface area (Å²) in [7, 11) is 0. The van der Waals surface area contributed by atoms with Crippen molar-refractivity contribution in [1.29, 1.82) is 0 Å². The normalized spacial score (nSPS) is 10.5. The average molecular weight is 211 g/mol. The van der Waals surface area contributed by atoms with Crippen LogP contribution < -0.4 is 5.73 Å². The van der Waals surface area contributed by atoms with Crippen molar-refractivity contribution in [2.24, 2.45) is 0 Å². The van der Waals surface area contributed by atoms with E-state index in [9.17, 15) is 9.18 Å². The Bertz CT molecular complexity index is 388. The first kappa shape index (κ1) is 11.5. The van der Waals surface area contributed by atoms with Gasteiger partial charge in [0, 0.05) is 0 Å². The number of aryl methyl sites for hydroxylation is 1. The second kappa shape index (κ2) is 4.29. The Labute approximate surface area is 88.0 Å². The van der Waals surface area contributed by atoms with Crippen LogP contribution in [0.2, 0.25) is 0 Å². The van der Waals surface area contributed by atoms with E-state index < -0.39 is 11.8 Å². The predicted octanol–water partition coefficient (Wildman–Crippen LogP) is 2.28. The molecule has 0 spiro atoms. The van der Waals surface area contributed by atoms with Gasteiger partial charge in [-0.25, -0.2) is 9.18 Å². The van der Waals surface area contributed by atoms with Crippen LogP contribution in [0.4, 0.5) is 10.1 Å². The largest absolute Gasteiger partial charge is 0.459 e. The quantitative estimate of drug-likeness (QED) is 0.603. The van der Waals surface area contributed by atoms with Gasteiger partial charge in [0.1, 0.15) is 5.82 Å². The number of carbonyl (C=O) groups is 1. The second-order valence-corrected chi connectivity index (χ2v) is 3.61. The van der Waals surface area contributed by atoms with Crippen molar-refractivity contribution < 1.29 is 13.9 Å². The molecule has 0 aliphatic carbocycles. The number of esters is 1. The summed E-state index contributed by atoms with van der Waals surface area (Å²) < 4.78 is 18.3. The molecule has 0 heterocycles. The summed E-state index contributed by atoms with van der Waals surface area (Å²) in [4.78, 5) is 11.5. The van der Waals surface area contributed by atoms with Crippen LogP contribution in [0.5, 0.6) is 0 Å². The predicted molar refractivity (Wildman–Crippen MR) is 56.1 cm³/mol. The zero-order valence-corrected chi connectivity index (χ0v) is 9.00. The summed E-state index contributed by atoms with van der Waals surface area (Å²) in [5.74, 6) is -1.16. The lowest BCUT2D eigenvalue weighted by Gasteiger charge is -2.10. The number of carbonyl (C=O) groups excluding carboxylic acids is 1. The third-order valence-electron chi connectivity index (χ3n) is 1.94. The number of hydrogen-bond acceptors (Lipinski definition) is 3. The summed E-state index contributed by atoms with van der Waals surface area (Å²) in [6.07, 6.45) is -0.249. The van der Waals surface area contributed by atoms with Gasteiger partial charge in [0.2, 0.25) is 0 Å². The van der Waals surface area contributed by atoms with Crippen molar-refractivity contribution in [3.63, 3.8) is 0 Å². The average Bonchev–Trinajstić information content (AvgIpc) is 2.13. The highest BCUT2D eigenvalue weighted by molar-refractivity contribution is 5.95. The maximum absolute atomic E-state index is 13.4. The standard InChI is InChI=1S/C11H14FNO2/c1-6(2)15-11(14)8-5-4-7(3)9(12)10(8)13/h4-6H,13H2,1-3H3. The molecule has 1 rings (SSSR count). The molecule has 2 N–H and O–H groups in total.